The molecule has 20 heavy (non-hydrogen) atoms. The van der Waals surface area contributed by atoms with Gasteiger partial charge in [0.2, 0.25) is 5.91 Å². The Morgan fingerprint density at radius 2 is 1.80 bits per heavy atom. The molecule has 0 heterocycles. The van der Waals surface area contributed by atoms with Gasteiger partial charge in [0, 0.05) is 23.5 Å². The van der Waals surface area contributed by atoms with E-state index < -0.39 is 17.8 Å². The van der Waals surface area contributed by atoms with Gasteiger partial charge in [-0.25, -0.2) is 0 Å². The average molecular weight is 274 g/mol. The third-order valence-corrected chi connectivity index (χ3v) is 4.06. The van der Waals surface area contributed by atoms with Crippen molar-refractivity contribution >= 4 is 17.6 Å². The molecule has 4 heteroatoms. The predicted octanol–water partition coefficient (Wildman–Crippen LogP) is 1.80. The van der Waals surface area contributed by atoms with Crippen LogP contribution in [0.2, 0.25) is 0 Å². The first kappa shape index (κ1) is 14.6. The largest absolute Gasteiger partial charge is 0.550 e. The van der Waals surface area contributed by atoms with Crippen molar-refractivity contribution < 1.29 is 14.7 Å². The monoisotopic (exact) mass is 274 g/mol. The van der Waals surface area contributed by atoms with Gasteiger partial charge in [-0.2, -0.15) is 0 Å². The highest BCUT2D eigenvalue weighted by Gasteiger charge is 2.31. The molecule has 0 aromatic heterocycles. The summed E-state index contributed by atoms with van der Waals surface area (Å²) in [6.45, 7) is 3.88. The van der Waals surface area contributed by atoms with Crippen LogP contribution in [0.1, 0.15) is 36.8 Å². The minimum Gasteiger partial charge on any atom is -0.550 e. The van der Waals surface area contributed by atoms with Crippen molar-refractivity contribution in [3.63, 3.8) is 0 Å². The highest BCUT2D eigenvalue weighted by Crippen LogP contribution is 2.31. The maximum Gasteiger partial charge on any atom is 0.228 e. The van der Waals surface area contributed by atoms with E-state index >= 15 is 0 Å². The molecule has 1 aliphatic rings. The van der Waals surface area contributed by atoms with E-state index in [0.717, 1.165) is 29.7 Å². The van der Waals surface area contributed by atoms with Crippen molar-refractivity contribution in [2.45, 2.75) is 39.5 Å². The standard InChI is InChI=1S/C16H21NO3/c1-10-7-8-11(2)14(9-10)17-15(18)12-5-3-4-6-13(12)16(19)20/h7-9,12-13H,3-6H2,1-2H3,(H,17,18)(H,19,20)/p-1/t12-,13+/m1/s1. The second-order valence-corrected chi connectivity index (χ2v) is 5.62. The van der Waals surface area contributed by atoms with Gasteiger partial charge >= 0.3 is 0 Å². The Balaban J connectivity index is 2.14. The lowest BCUT2D eigenvalue weighted by Gasteiger charge is -2.31. The van der Waals surface area contributed by atoms with Crippen molar-refractivity contribution in [1.82, 2.24) is 0 Å². The van der Waals surface area contributed by atoms with Crippen molar-refractivity contribution in [2.24, 2.45) is 11.8 Å². The van der Waals surface area contributed by atoms with E-state index in [1.54, 1.807) is 0 Å². The Morgan fingerprint density at radius 3 is 2.45 bits per heavy atom. The maximum absolute atomic E-state index is 12.3. The molecule has 0 saturated heterocycles. The third-order valence-electron chi connectivity index (χ3n) is 4.06. The molecule has 108 valence electrons. The zero-order valence-corrected chi connectivity index (χ0v) is 11.9. The number of hydrogen-bond acceptors (Lipinski definition) is 3. The second kappa shape index (κ2) is 6.07. The molecular formula is C16H20NO3-. The van der Waals surface area contributed by atoms with E-state index in [-0.39, 0.29) is 5.91 Å². The first-order valence-electron chi connectivity index (χ1n) is 7.08. The van der Waals surface area contributed by atoms with Gasteiger partial charge in [-0.05, 0) is 43.9 Å². The molecule has 1 aromatic rings. The molecule has 1 aliphatic carbocycles. The number of nitrogens with one attached hydrogen (secondary N) is 1. The maximum atomic E-state index is 12.3. The Labute approximate surface area is 119 Å². The lowest BCUT2D eigenvalue weighted by atomic mass is 9.78. The molecule has 0 spiro atoms. The Morgan fingerprint density at radius 1 is 1.15 bits per heavy atom. The number of anilines is 1. The number of rotatable bonds is 3. The van der Waals surface area contributed by atoms with Gasteiger partial charge in [0.15, 0.2) is 0 Å². The summed E-state index contributed by atoms with van der Waals surface area (Å²) in [5.41, 5.74) is 2.80. The number of aliphatic carboxylic acids is 1. The fraction of sp³-hybridized carbons (Fsp3) is 0.500. The predicted molar refractivity (Wildman–Crippen MR) is 75.0 cm³/mol. The molecule has 1 amide bonds. The fourth-order valence-corrected chi connectivity index (χ4v) is 2.82. The number of aryl methyl sites for hydroxylation is 2. The van der Waals surface area contributed by atoms with Crippen LogP contribution in [0.25, 0.3) is 0 Å². The number of carbonyl (C=O) groups is 2. The van der Waals surface area contributed by atoms with Crippen LogP contribution in [0, 0.1) is 25.7 Å². The number of carboxylic acids is 1. The Bertz CT molecular complexity index is 524. The summed E-state index contributed by atoms with van der Waals surface area (Å²) in [6.07, 6.45) is 2.91. The summed E-state index contributed by atoms with van der Waals surface area (Å²) in [5, 5.41) is 14.0. The minimum absolute atomic E-state index is 0.201. The first-order chi connectivity index (χ1) is 9.49. The molecule has 2 rings (SSSR count). The van der Waals surface area contributed by atoms with Gasteiger partial charge in [0.1, 0.15) is 0 Å². The number of benzene rings is 1. The summed E-state index contributed by atoms with van der Waals surface area (Å²) in [7, 11) is 0. The van der Waals surface area contributed by atoms with Crippen molar-refractivity contribution in [2.75, 3.05) is 5.32 Å². The molecule has 4 nitrogen and oxygen atoms in total. The Kier molecular flexibility index (Phi) is 4.42. The molecule has 1 N–H and O–H groups in total. The van der Waals surface area contributed by atoms with Crippen LogP contribution in [0.3, 0.4) is 0 Å². The lowest BCUT2D eigenvalue weighted by Crippen LogP contribution is -2.42. The quantitative estimate of drug-likeness (QED) is 0.913. The van der Waals surface area contributed by atoms with E-state index in [9.17, 15) is 14.7 Å². The molecule has 1 aromatic carbocycles. The van der Waals surface area contributed by atoms with Gasteiger partial charge in [-0.1, -0.05) is 25.0 Å². The van der Waals surface area contributed by atoms with Crippen LogP contribution in [0.4, 0.5) is 5.69 Å². The summed E-state index contributed by atoms with van der Waals surface area (Å²) in [6, 6.07) is 5.84. The summed E-state index contributed by atoms with van der Waals surface area (Å²) in [5.74, 6) is -2.44. The zero-order chi connectivity index (χ0) is 14.7. The van der Waals surface area contributed by atoms with Crippen LogP contribution in [-0.2, 0) is 9.59 Å². The average Bonchev–Trinajstić information content (AvgIpc) is 2.42. The number of carboxylic acid groups (broad SMARTS) is 1. The number of hydrogen-bond donors (Lipinski definition) is 1. The zero-order valence-electron chi connectivity index (χ0n) is 11.9. The van der Waals surface area contributed by atoms with Crippen molar-refractivity contribution in [1.29, 1.82) is 0 Å². The molecule has 0 radical (unpaired) electrons. The topological polar surface area (TPSA) is 69.2 Å². The van der Waals surface area contributed by atoms with Gasteiger partial charge in [-0.15, -0.1) is 0 Å². The van der Waals surface area contributed by atoms with Crippen molar-refractivity contribution in [3.8, 4) is 0 Å². The van der Waals surface area contributed by atoms with E-state index in [2.05, 4.69) is 5.32 Å². The van der Waals surface area contributed by atoms with Crippen LogP contribution in [0.5, 0.6) is 0 Å². The van der Waals surface area contributed by atoms with Gasteiger partial charge in [0.05, 0.1) is 0 Å². The lowest BCUT2D eigenvalue weighted by molar-refractivity contribution is -0.313. The molecule has 0 unspecified atom stereocenters. The van der Waals surface area contributed by atoms with E-state index in [4.69, 9.17) is 0 Å². The number of amides is 1. The van der Waals surface area contributed by atoms with E-state index in [1.165, 1.54) is 0 Å². The molecule has 1 fully saturated rings. The van der Waals surface area contributed by atoms with Crippen LogP contribution in [-0.4, -0.2) is 11.9 Å². The summed E-state index contributed by atoms with van der Waals surface area (Å²) < 4.78 is 0. The fourth-order valence-electron chi connectivity index (χ4n) is 2.82. The first-order valence-corrected chi connectivity index (χ1v) is 7.08. The summed E-state index contributed by atoms with van der Waals surface area (Å²) in [4.78, 5) is 23.5. The highest BCUT2D eigenvalue weighted by molar-refractivity contribution is 5.95. The smallest absolute Gasteiger partial charge is 0.228 e. The summed E-state index contributed by atoms with van der Waals surface area (Å²) >= 11 is 0. The molecular weight excluding hydrogens is 254 g/mol. The SMILES string of the molecule is Cc1ccc(C)c(NC(=O)[C@@H]2CCCC[C@@H]2C(=O)[O-])c1. The molecule has 0 bridgehead atoms. The van der Waals surface area contributed by atoms with E-state index in [0.29, 0.717) is 12.8 Å². The third kappa shape index (κ3) is 3.18. The second-order valence-electron chi connectivity index (χ2n) is 5.62. The van der Waals surface area contributed by atoms with Gasteiger partial charge < -0.3 is 15.2 Å². The highest BCUT2D eigenvalue weighted by atomic mass is 16.4. The minimum atomic E-state index is -1.11. The molecule has 0 aliphatic heterocycles. The van der Waals surface area contributed by atoms with Crippen LogP contribution < -0.4 is 10.4 Å². The van der Waals surface area contributed by atoms with Crippen molar-refractivity contribution in [3.05, 3.63) is 29.3 Å². The number of carbonyl (C=O) groups excluding carboxylic acids is 2. The van der Waals surface area contributed by atoms with Crippen LogP contribution in [0.15, 0.2) is 18.2 Å². The molecule has 2 atom stereocenters. The van der Waals surface area contributed by atoms with E-state index in [1.807, 2.05) is 32.0 Å². The van der Waals surface area contributed by atoms with Crippen LogP contribution >= 0.6 is 0 Å². The molecule has 1 saturated carbocycles. The van der Waals surface area contributed by atoms with Gasteiger partial charge in [-0.3, -0.25) is 4.79 Å². The van der Waals surface area contributed by atoms with Gasteiger partial charge in [0.25, 0.3) is 0 Å². The Hall–Kier alpha value is -1.84. The normalized spacial score (nSPS) is 22.3.